The van der Waals surface area contributed by atoms with Crippen LogP contribution in [0.4, 0.5) is 5.69 Å². The molecule has 2 rings (SSSR count). The molecule has 0 saturated heterocycles. The van der Waals surface area contributed by atoms with Crippen molar-refractivity contribution in [1.29, 1.82) is 0 Å². The fraction of sp³-hybridized carbons (Fsp3) is 0.333. The highest BCUT2D eigenvalue weighted by Gasteiger charge is 2.05. The summed E-state index contributed by atoms with van der Waals surface area (Å²) in [6.07, 6.45) is 0. The van der Waals surface area contributed by atoms with E-state index in [-0.39, 0.29) is 0 Å². The normalized spacial score (nSPS) is 10.8. The summed E-state index contributed by atoms with van der Waals surface area (Å²) in [4.78, 5) is 2.35. The molecule has 2 aromatic rings. The molecule has 0 atom stereocenters. The van der Waals surface area contributed by atoms with Gasteiger partial charge < -0.3 is 5.32 Å². The molecule has 2 nitrogen and oxygen atoms in total. The number of hydrogen-bond acceptors (Lipinski definition) is 2. The highest BCUT2D eigenvalue weighted by molar-refractivity contribution is 5.45. The van der Waals surface area contributed by atoms with Crippen molar-refractivity contribution in [2.75, 3.05) is 19.4 Å². The lowest BCUT2D eigenvalue weighted by Crippen LogP contribution is -2.18. The standard InChI is InChI=1S/C18H24N2/c1-14-8-9-17(15(2)10-14)13-20(4)12-16-6-5-7-18(11-16)19-3/h5-11,19H,12-13H2,1-4H3. The second-order valence-corrected chi connectivity index (χ2v) is 5.55. The first-order chi connectivity index (χ1) is 9.58. The van der Waals surface area contributed by atoms with Gasteiger partial charge in [0.15, 0.2) is 0 Å². The van der Waals surface area contributed by atoms with Crippen molar-refractivity contribution in [1.82, 2.24) is 4.90 Å². The molecule has 0 unspecified atom stereocenters. The minimum absolute atomic E-state index is 0.961. The Morgan fingerprint density at radius 2 is 1.80 bits per heavy atom. The first-order valence-corrected chi connectivity index (χ1v) is 7.10. The van der Waals surface area contributed by atoms with Crippen molar-refractivity contribution in [3.05, 3.63) is 64.7 Å². The minimum Gasteiger partial charge on any atom is -0.388 e. The van der Waals surface area contributed by atoms with Crippen molar-refractivity contribution in [3.8, 4) is 0 Å². The van der Waals surface area contributed by atoms with E-state index in [0.29, 0.717) is 0 Å². The molecule has 0 heterocycles. The Hall–Kier alpha value is -1.80. The summed E-state index contributed by atoms with van der Waals surface area (Å²) in [5.74, 6) is 0. The molecule has 0 aliphatic carbocycles. The molecule has 2 heteroatoms. The van der Waals surface area contributed by atoms with Gasteiger partial charge in [-0.2, -0.15) is 0 Å². The fourth-order valence-corrected chi connectivity index (χ4v) is 2.51. The SMILES string of the molecule is CNc1cccc(CN(C)Cc2ccc(C)cc2C)c1. The summed E-state index contributed by atoms with van der Waals surface area (Å²) >= 11 is 0. The molecule has 0 fully saturated rings. The van der Waals surface area contributed by atoms with Crippen LogP contribution in [0.25, 0.3) is 0 Å². The third-order valence-electron chi connectivity index (χ3n) is 3.61. The Bertz CT molecular complexity index is 575. The van der Waals surface area contributed by atoms with Crippen molar-refractivity contribution < 1.29 is 0 Å². The molecule has 0 amide bonds. The summed E-state index contributed by atoms with van der Waals surface area (Å²) in [5, 5.41) is 3.19. The van der Waals surface area contributed by atoms with E-state index in [0.717, 1.165) is 13.1 Å². The van der Waals surface area contributed by atoms with Crippen LogP contribution in [-0.2, 0) is 13.1 Å². The Labute approximate surface area is 122 Å². The molecule has 0 radical (unpaired) electrons. The van der Waals surface area contributed by atoms with Gasteiger partial charge in [0.05, 0.1) is 0 Å². The maximum absolute atomic E-state index is 3.19. The smallest absolute Gasteiger partial charge is 0.0340 e. The van der Waals surface area contributed by atoms with Crippen LogP contribution >= 0.6 is 0 Å². The van der Waals surface area contributed by atoms with Gasteiger partial charge in [0.2, 0.25) is 0 Å². The van der Waals surface area contributed by atoms with Crippen LogP contribution in [0.3, 0.4) is 0 Å². The first-order valence-electron chi connectivity index (χ1n) is 7.10. The van der Waals surface area contributed by atoms with Crippen molar-refractivity contribution in [2.45, 2.75) is 26.9 Å². The molecular formula is C18H24N2. The lowest BCUT2D eigenvalue weighted by atomic mass is 10.1. The van der Waals surface area contributed by atoms with E-state index in [9.17, 15) is 0 Å². The lowest BCUT2D eigenvalue weighted by molar-refractivity contribution is 0.318. The number of anilines is 1. The third-order valence-corrected chi connectivity index (χ3v) is 3.61. The van der Waals surface area contributed by atoms with Gasteiger partial charge in [0.1, 0.15) is 0 Å². The van der Waals surface area contributed by atoms with Crippen LogP contribution in [0, 0.1) is 13.8 Å². The zero-order valence-electron chi connectivity index (χ0n) is 12.9. The van der Waals surface area contributed by atoms with Gasteiger partial charge in [-0.3, -0.25) is 4.90 Å². The highest BCUT2D eigenvalue weighted by Crippen LogP contribution is 2.15. The van der Waals surface area contributed by atoms with Crippen LogP contribution in [-0.4, -0.2) is 19.0 Å². The predicted octanol–water partition coefficient (Wildman–Crippen LogP) is 3.98. The molecular weight excluding hydrogens is 244 g/mol. The largest absolute Gasteiger partial charge is 0.388 e. The average Bonchev–Trinajstić information content (AvgIpc) is 2.42. The van der Waals surface area contributed by atoms with Gasteiger partial charge in [0.25, 0.3) is 0 Å². The third kappa shape index (κ3) is 3.84. The summed E-state index contributed by atoms with van der Waals surface area (Å²) in [5.41, 5.74) is 6.62. The molecule has 0 spiro atoms. The Morgan fingerprint density at radius 1 is 1.00 bits per heavy atom. The molecule has 0 saturated carbocycles. The molecule has 2 aromatic carbocycles. The maximum Gasteiger partial charge on any atom is 0.0340 e. The zero-order chi connectivity index (χ0) is 14.5. The topological polar surface area (TPSA) is 15.3 Å². The maximum atomic E-state index is 3.19. The van der Waals surface area contributed by atoms with E-state index in [1.807, 2.05) is 7.05 Å². The lowest BCUT2D eigenvalue weighted by Gasteiger charge is -2.19. The van der Waals surface area contributed by atoms with Gasteiger partial charge in [-0.05, 0) is 49.7 Å². The monoisotopic (exact) mass is 268 g/mol. The average molecular weight is 268 g/mol. The first kappa shape index (κ1) is 14.6. The number of nitrogens with one attached hydrogen (secondary N) is 1. The predicted molar refractivity (Wildman–Crippen MR) is 87.1 cm³/mol. The Morgan fingerprint density at radius 3 is 2.50 bits per heavy atom. The summed E-state index contributed by atoms with van der Waals surface area (Å²) < 4.78 is 0. The Kier molecular flexibility index (Phi) is 4.80. The molecule has 0 aliphatic rings. The van der Waals surface area contributed by atoms with Gasteiger partial charge >= 0.3 is 0 Å². The molecule has 106 valence electrons. The summed E-state index contributed by atoms with van der Waals surface area (Å²) in [7, 11) is 4.13. The summed E-state index contributed by atoms with van der Waals surface area (Å²) in [6.45, 7) is 6.28. The summed E-state index contributed by atoms with van der Waals surface area (Å²) in [6, 6.07) is 15.3. The molecule has 0 bridgehead atoms. The van der Waals surface area contributed by atoms with Crippen molar-refractivity contribution in [2.24, 2.45) is 0 Å². The second kappa shape index (κ2) is 6.58. The van der Waals surface area contributed by atoms with Crippen LogP contribution < -0.4 is 5.32 Å². The quantitative estimate of drug-likeness (QED) is 0.882. The number of benzene rings is 2. The zero-order valence-corrected chi connectivity index (χ0v) is 12.9. The minimum atomic E-state index is 0.961. The number of hydrogen-bond donors (Lipinski definition) is 1. The van der Waals surface area contributed by atoms with E-state index in [2.05, 4.69) is 73.6 Å². The molecule has 0 aliphatic heterocycles. The van der Waals surface area contributed by atoms with E-state index in [4.69, 9.17) is 0 Å². The number of aryl methyl sites for hydroxylation is 2. The number of rotatable bonds is 5. The van der Waals surface area contributed by atoms with Gasteiger partial charge in [-0.15, -0.1) is 0 Å². The van der Waals surface area contributed by atoms with Crippen molar-refractivity contribution >= 4 is 5.69 Å². The van der Waals surface area contributed by atoms with E-state index in [1.165, 1.54) is 27.9 Å². The highest BCUT2D eigenvalue weighted by atomic mass is 15.1. The van der Waals surface area contributed by atoms with Crippen LogP contribution in [0.5, 0.6) is 0 Å². The van der Waals surface area contributed by atoms with Crippen LogP contribution in [0.15, 0.2) is 42.5 Å². The Balaban J connectivity index is 2.02. The van der Waals surface area contributed by atoms with Gasteiger partial charge in [-0.1, -0.05) is 35.9 Å². The van der Waals surface area contributed by atoms with Gasteiger partial charge in [0, 0.05) is 25.8 Å². The molecule has 0 aromatic heterocycles. The van der Waals surface area contributed by atoms with E-state index < -0.39 is 0 Å². The van der Waals surface area contributed by atoms with E-state index in [1.54, 1.807) is 0 Å². The molecule has 1 N–H and O–H groups in total. The van der Waals surface area contributed by atoms with Crippen LogP contribution in [0.1, 0.15) is 22.3 Å². The van der Waals surface area contributed by atoms with Gasteiger partial charge in [-0.25, -0.2) is 0 Å². The molecule has 20 heavy (non-hydrogen) atoms. The number of nitrogens with zero attached hydrogens (tertiary/aromatic N) is 1. The fourth-order valence-electron chi connectivity index (χ4n) is 2.51. The second-order valence-electron chi connectivity index (χ2n) is 5.55. The van der Waals surface area contributed by atoms with Crippen LogP contribution in [0.2, 0.25) is 0 Å². The van der Waals surface area contributed by atoms with E-state index >= 15 is 0 Å². The van der Waals surface area contributed by atoms with Crippen molar-refractivity contribution in [3.63, 3.8) is 0 Å².